The molecule has 0 aliphatic carbocycles. The third-order valence-corrected chi connectivity index (χ3v) is 17.3. The number of halogens is 1. The van der Waals surface area contributed by atoms with Gasteiger partial charge in [-0.2, -0.15) is 0 Å². The maximum atomic E-state index is 15.4. The first-order valence-electron chi connectivity index (χ1n) is 19.4. The highest BCUT2D eigenvalue weighted by molar-refractivity contribution is 9.10. The predicted octanol–water partition coefficient (Wildman–Crippen LogP) is 7.88. The van der Waals surface area contributed by atoms with Crippen LogP contribution in [0.1, 0.15) is 40.5 Å². The van der Waals surface area contributed by atoms with E-state index in [0.29, 0.717) is 31.5 Å². The van der Waals surface area contributed by atoms with Crippen LogP contribution in [-0.2, 0) is 34.6 Å². The van der Waals surface area contributed by atoms with Crippen molar-refractivity contribution < 1.29 is 24.2 Å². The van der Waals surface area contributed by atoms with Gasteiger partial charge < -0.3 is 19.5 Å². The van der Waals surface area contributed by atoms with E-state index in [2.05, 4.69) is 64.5 Å². The lowest BCUT2D eigenvalue weighted by Gasteiger charge is -2.37. The van der Waals surface area contributed by atoms with Crippen molar-refractivity contribution in [2.24, 2.45) is 5.92 Å². The number of aliphatic hydroxyl groups excluding tert-OH is 1. The van der Waals surface area contributed by atoms with Crippen molar-refractivity contribution in [2.75, 3.05) is 23.5 Å². The standard InChI is InChI=1S/C45H44BrN5O5Si/c1-28-42(57(3,4)35-17-15-34(55-2)16-18-35)40(20-22-49-27-32(21-23-52)47-48-49)56-45(28)37-25-31(46)14-19-38(37)50(44(45)54)26-29-8-5-11-33(24-29)51-39-13-7-10-30-9-6-12-36(41(30)39)43(51)53/h5-19,24-25,27-28,40,42,52H,20-23,26H2,1-4H3/t28-,40+,42-,45+/m0/s1. The number of aryl methyl sites for hydroxylation is 1. The molecule has 5 aromatic carbocycles. The van der Waals surface area contributed by atoms with Gasteiger partial charge in [-0.15, -0.1) is 5.10 Å². The zero-order chi connectivity index (χ0) is 39.6. The second-order valence-electron chi connectivity index (χ2n) is 15.9. The molecule has 10 nitrogen and oxygen atoms in total. The molecule has 9 rings (SSSR count). The first-order valence-corrected chi connectivity index (χ1v) is 23.3. The molecule has 1 saturated heterocycles. The second kappa shape index (κ2) is 14.4. The Balaban J connectivity index is 1.08. The van der Waals surface area contributed by atoms with Crippen LogP contribution in [0.4, 0.5) is 17.1 Å². The third kappa shape index (κ3) is 6.03. The summed E-state index contributed by atoms with van der Waals surface area (Å²) in [4.78, 5) is 33.0. The Morgan fingerprint density at radius 3 is 2.49 bits per heavy atom. The Hall–Kier alpha value is -5.14. The molecule has 57 heavy (non-hydrogen) atoms. The lowest BCUT2D eigenvalue weighted by Crippen LogP contribution is -2.51. The van der Waals surface area contributed by atoms with Crippen LogP contribution in [0, 0.1) is 5.92 Å². The molecular formula is C45H44BrN5O5Si. The van der Waals surface area contributed by atoms with E-state index in [4.69, 9.17) is 9.47 Å². The number of aromatic nitrogens is 3. The number of methoxy groups -OCH3 is 1. The van der Waals surface area contributed by atoms with E-state index < -0.39 is 13.7 Å². The highest BCUT2D eigenvalue weighted by Gasteiger charge is 2.66. The van der Waals surface area contributed by atoms with E-state index in [-0.39, 0.29) is 36.0 Å². The zero-order valence-corrected chi connectivity index (χ0v) is 34.9. The number of carbonyl (C=O) groups is 2. The lowest BCUT2D eigenvalue weighted by molar-refractivity contribution is -0.146. The van der Waals surface area contributed by atoms with Gasteiger partial charge in [-0.1, -0.05) is 94.9 Å². The minimum Gasteiger partial charge on any atom is -0.497 e. The summed E-state index contributed by atoms with van der Waals surface area (Å²) in [7, 11) is -0.687. The summed E-state index contributed by atoms with van der Waals surface area (Å²) in [6, 6.07) is 34.2. The molecule has 2 amide bonds. The molecule has 1 spiro atoms. The van der Waals surface area contributed by atoms with Crippen LogP contribution < -0.4 is 19.7 Å². The number of carbonyl (C=O) groups excluding carboxylic acids is 2. The van der Waals surface area contributed by atoms with E-state index >= 15 is 4.79 Å². The van der Waals surface area contributed by atoms with Crippen molar-refractivity contribution in [1.29, 1.82) is 0 Å². The summed E-state index contributed by atoms with van der Waals surface area (Å²) >= 11 is 3.73. The number of aliphatic hydroxyl groups is 1. The molecule has 0 saturated carbocycles. The number of fused-ring (bicyclic) bond motifs is 2. The molecule has 12 heteroatoms. The van der Waals surface area contributed by atoms with Gasteiger partial charge >= 0.3 is 0 Å². The number of hydrogen-bond acceptors (Lipinski definition) is 7. The van der Waals surface area contributed by atoms with Gasteiger partial charge in [-0.3, -0.25) is 19.2 Å². The molecule has 4 atom stereocenters. The fourth-order valence-corrected chi connectivity index (χ4v) is 14.2. The summed E-state index contributed by atoms with van der Waals surface area (Å²) in [5.74, 6) is 0.484. The van der Waals surface area contributed by atoms with Crippen LogP contribution in [0.15, 0.2) is 114 Å². The number of anilines is 3. The lowest BCUT2D eigenvalue weighted by atomic mass is 9.82. The molecule has 1 N–H and O–H groups in total. The Morgan fingerprint density at radius 2 is 1.72 bits per heavy atom. The molecule has 290 valence electrons. The number of hydrogen-bond donors (Lipinski definition) is 1. The maximum Gasteiger partial charge on any atom is 0.264 e. The normalized spacial score (nSPS) is 21.3. The van der Waals surface area contributed by atoms with Gasteiger partial charge in [-0.05, 0) is 77.5 Å². The highest BCUT2D eigenvalue weighted by Crippen LogP contribution is 2.60. The van der Waals surface area contributed by atoms with Gasteiger partial charge in [-0.25, -0.2) is 0 Å². The second-order valence-corrected chi connectivity index (χ2v) is 21.5. The third-order valence-electron chi connectivity index (χ3n) is 12.5. The highest BCUT2D eigenvalue weighted by atomic mass is 79.9. The summed E-state index contributed by atoms with van der Waals surface area (Å²) < 4.78 is 15.6. The monoisotopic (exact) mass is 841 g/mol. The van der Waals surface area contributed by atoms with Gasteiger partial charge in [0, 0.05) is 52.8 Å². The number of nitrogens with zero attached hydrogens (tertiary/aromatic N) is 5. The molecule has 3 aliphatic rings. The van der Waals surface area contributed by atoms with Gasteiger partial charge in [0.25, 0.3) is 11.8 Å². The van der Waals surface area contributed by atoms with Gasteiger partial charge in [0.15, 0.2) is 5.60 Å². The molecule has 3 aliphatic heterocycles. The molecule has 0 unspecified atom stereocenters. The largest absolute Gasteiger partial charge is 0.497 e. The number of amides is 2. The number of rotatable bonds is 11. The van der Waals surface area contributed by atoms with Crippen LogP contribution in [0.25, 0.3) is 10.8 Å². The van der Waals surface area contributed by atoms with E-state index in [9.17, 15) is 9.90 Å². The first-order chi connectivity index (χ1) is 27.5. The van der Waals surface area contributed by atoms with E-state index in [0.717, 1.165) is 54.9 Å². The minimum absolute atomic E-state index is 0.00717. The quantitative estimate of drug-likeness (QED) is 0.132. The molecule has 1 aromatic heterocycles. The molecule has 4 heterocycles. The smallest absolute Gasteiger partial charge is 0.264 e. The van der Waals surface area contributed by atoms with Crippen LogP contribution in [0.2, 0.25) is 18.6 Å². The van der Waals surface area contributed by atoms with E-state index in [1.165, 1.54) is 5.19 Å². The Labute approximate surface area is 341 Å². The average molecular weight is 843 g/mol. The average Bonchev–Trinajstić information content (AvgIpc) is 3.93. The summed E-state index contributed by atoms with van der Waals surface area (Å²) in [5, 5.41) is 21.3. The van der Waals surface area contributed by atoms with Crippen molar-refractivity contribution in [3.05, 3.63) is 136 Å². The van der Waals surface area contributed by atoms with Gasteiger partial charge in [0.2, 0.25) is 0 Å². The molecule has 0 bridgehead atoms. The molecule has 1 fully saturated rings. The zero-order valence-electron chi connectivity index (χ0n) is 32.4. The summed E-state index contributed by atoms with van der Waals surface area (Å²) in [5.41, 5.74) is 4.46. The summed E-state index contributed by atoms with van der Waals surface area (Å²) in [6.07, 6.45) is 2.68. The topological polar surface area (TPSA) is 110 Å². The fourth-order valence-electron chi connectivity index (χ4n) is 9.80. The van der Waals surface area contributed by atoms with Crippen molar-refractivity contribution in [3.8, 4) is 5.75 Å². The van der Waals surface area contributed by atoms with Crippen LogP contribution in [0.3, 0.4) is 0 Å². The fraction of sp³-hybridized carbons (Fsp3) is 0.289. The predicted molar refractivity (Wildman–Crippen MR) is 227 cm³/mol. The minimum atomic E-state index is -2.36. The summed E-state index contributed by atoms with van der Waals surface area (Å²) in [6.45, 7) is 7.82. The van der Waals surface area contributed by atoms with Gasteiger partial charge in [0.1, 0.15) is 5.75 Å². The first kappa shape index (κ1) is 37.4. The van der Waals surface area contributed by atoms with Crippen LogP contribution in [-0.4, -0.2) is 59.8 Å². The molecular weight excluding hydrogens is 799 g/mol. The van der Waals surface area contributed by atoms with Crippen molar-refractivity contribution in [1.82, 2.24) is 15.0 Å². The maximum absolute atomic E-state index is 15.4. The Kier molecular flexibility index (Phi) is 9.42. The van der Waals surface area contributed by atoms with Crippen molar-refractivity contribution in [2.45, 2.75) is 63.2 Å². The Bertz CT molecular complexity index is 2540. The van der Waals surface area contributed by atoms with E-state index in [1.54, 1.807) is 12.0 Å². The Morgan fingerprint density at radius 1 is 0.947 bits per heavy atom. The van der Waals surface area contributed by atoms with Crippen LogP contribution >= 0.6 is 15.9 Å². The number of benzene rings is 5. The SMILES string of the molecule is COc1ccc([Si](C)(C)[C@@H]2[C@@H](CCn3cc(CCO)nn3)O[C@]3(C(=O)N(Cc4cccc(N5C(=O)c6cccc7cccc5c67)c4)c4ccc(Br)cc43)[C@H]2C)cc1. The van der Waals surface area contributed by atoms with Crippen molar-refractivity contribution >= 4 is 68.8 Å². The van der Waals surface area contributed by atoms with E-state index in [1.807, 2.05) is 101 Å². The van der Waals surface area contributed by atoms with Crippen LogP contribution in [0.5, 0.6) is 5.75 Å². The van der Waals surface area contributed by atoms with Gasteiger partial charge in [0.05, 0.1) is 50.5 Å². The number of ether oxygens (including phenoxy) is 2. The molecule has 6 aromatic rings. The molecule has 0 radical (unpaired) electrons. The van der Waals surface area contributed by atoms with Crippen molar-refractivity contribution in [3.63, 3.8) is 0 Å².